The molecule has 0 aliphatic carbocycles. The smallest absolute Gasteiger partial charge is 0.320 e. The molecule has 1 heterocycles. The zero-order chi connectivity index (χ0) is 12.7. The Hall–Kier alpha value is -1.20. The SMILES string of the molecule is NC(CCCCN1CCC=C(C=O)C1)C(=O)O. The maximum absolute atomic E-state index is 10.6. The third kappa shape index (κ3) is 5.10. The van der Waals surface area contributed by atoms with Crippen LogP contribution in [0.3, 0.4) is 0 Å². The van der Waals surface area contributed by atoms with Crippen LogP contribution in [0.4, 0.5) is 0 Å². The maximum atomic E-state index is 10.6. The van der Waals surface area contributed by atoms with Gasteiger partial charge in [-0.15, -0.1) is 0 Å². The second kappa shape index (κ2) is 7.19. The molecule has 0 fully saturated rings. The number of carbonyl (C=O) groups excluding carboxylic acids is 1. The van der Waals surface area contributed by atoms with Gasteiger partial charge in [0, 0.05) is 18.7 Å². The van der Waals surface area contributed by atoms with Crippen LogP contribution in [-0.4, -0.2) is 47.9 Å². The van der Waals surface area contributed by atoms with E-state index in [1.807, 2.05) is 6.08 Å². The van der Waals surface area contributed by atoms with Crippen LogP contribution in [0, 0.1) is 0 Å². The highest BCUT2D eigenvalue weighted by molar-refractivity contribution is 5.74. The first-order valence-corrected chi connectivity index (χ1v) is 5.98. The standard InChI is InChI=1S/C12H20N2O3/c13-11(12(16)17)5-1-2-6-14-7-3-4-10(8-14)9-15/h4,9,11H,1-3,5-8,13H2,(H,16,17). The molecule has 0 aromatic rings. The number of nitrogens with two attached hydrogens (primary N) is 1. The van der Waals surface area contributed by atoms with Gasteiger partial charge in [-0.2, -0.15) is 0 Å². The fourth-order valence-electron chi connectivity index (χ4n) is 1.93. The van der Waals surface area contributed by atoms with Gasteiger partial charge in [0.1, 0.15) is 12.3 Å². The topological polar surface area (TPSA) is 83.6 Å². The first kappa shape index (κ1) is 13.9. The molecule has 17 heavy (non-hydrogen) atoms. The molecule has 1 rings (SSSR count). The predicted molar refractivity (Wildman–Crippen MR) is 64.7 cm³/mol. The summed E-state index contributed by atoms with van der Waals surface area (Å²) in [5.41, 5.74) is 6.26. The highest BCUT2D eigenvalue weighted by atomic mass is 16.4. The lowest BCUT2D eigenvalue weighted by molar-refractivity contribution is -0.138. The van der Waals surface area contributed by atoms with Crippen LogP contribution in [0.25, 0.3) is 0 Å². The number of hydrogen-bond acceptors (Lipinski definition) is 4. The van der Waals surface area contributed by atoms with E-state index in [9.17, 15) is 9.59 Å². The first-order valence-electron chi connectivity index (χ1n) is 5.98. The lowest BCUT2D eigenvalue weighted by Gasteiger charge is -2.25. The van der Waals surface area contributed by atoms with Crippen molar-refractivity contribution in [2.45, 2.75) is 31.7 Å². The van der Waals surface area contributed by atoms with Crippen molar-refractivity contribution < 1.29 is 14.7 Å². The van der Waals surface area contributed by atoms with Gasteiger partial charge in [-0.25, -0.2) is 0 Å². The van der Waals surface area contributed by atoms with Crippen LogP contribution in [0.2, 0.25) is 0 Å². The maximum Gasteiger partial charge on any atom is 0.320 e. The quantitative estimate of drug-likeness (QED) is 0.497. The summed E-state index contributed by atoms with van der Waals surface area (Å²) in [6.07, 6.45) is 6.05. The van der Waals surface area contributed by atoms with Crippen molar-refractivity contribution in [2.75, 3.05) is 19.6 Å². The molecule has 0 spiro atoms. The minimum atomic E-state index is -0.936. The molecule has 5 nitrogen and oxygen atoms in total. The van der Waals surface area contributed by atoms with Crippen molar-refractivity contribution in [3.63, 3.8) is 0 Å². The van der Waals surface area contributed by atoms with E-state index in [0.29, 0.717) is 13.0 Å². The molecule has 0 amide bonds. The number of unbranched alkanes of at least 4 members (excludes halogenated alkanes) is 1. The van der Waals surface area contributed by atoms with Crippen LogP contribution in [-0.2, 0) is 9.59 Å². The highest BCUT2D eigenvalue weighted by Gasteiger charge is 2.13. The number of hydrogen-bond donors (Lipinski definition) is 2. The minimum absolute atomic E-state index is 0.513. The van der Waals surface area contributed by atoms with Crippen LogP contribution in [0.5, 0.6) is 0 Å². The molecular weight excluding hydrogens is 220 g/mol. The highest BCUT2D eigenvalue weighted by Crippen LogP contribution is 2.09. The summed E-state index contributed by atoms with van der Waals surface area (Å²) in [5, 5.41) is 8.61. The average molecular weight is 240 g/mol. The zero-order valence-corrected chi connectivity index (χ0v) is 9.97. The molecule has 1 aliphatic heterocycles. The summed E-state index contributed by atoms with van der Waals surface area (Å²) >= 11 is 0. The van der Waals surface area contributed by atoms with E-state index in [2.05, 4.69) is 4.90 Å². The predicted octanol–water partition coefficient (Wildman–Crippen LogP) is 0.400. The Bertz CT molecular complexity index is 302. The summed E-state index contributed by atoms with van der Waals surface area (Å²) in [5.74, 6) is -0.936. The number of carboxylic acids is 1. The lowest BCUT2D eigenvalue weighted by Crippen LogP contribution is -2.32. The average Bonchev–Trinajstić information content (AvgIpc) is 2.34. The molecule has 3 N–H and O–H groups in total. The molecule has 0 saturated heterocycles. The van der Waals surface area contributed by atoms with Crippen LogP contribution < -0.4 is 5.73 Å². The molecule has 0 radical (unpaired) electrons. The second-order valence-electron chi connectivity index (χ2n) is 4.40. The van der Waals surface area contributed by atoms with Crippen molar-refractivity contribution in [1.82, 2.24) is 4.90 Å². The molecule has 0 aromatic carbocycles. The van der Waals surface area contributed by atoms with Gasteiger partial charge < -0.3 is 10.8 Å². The van der Waals surface area contributed by atoms with Crippen molar-refractivity contribution in [1.29, 1.82) is 0 Å². The molecular formula is C12H20N2O3. The van der Waals surface area contributed by atoms with Gasteiger partial charge in [-0.05, 0) is 25.8 Å². The van der Waals surface area contributed by atoms with E-state index in [1.165, 1.54) is 0 Å². The number of carbonyl (C=O) groups is 2. The number of aldehydes is 1. The fourth-order valence-corrected chi connectivity index (χ4v) is 1.93. The number of nitrogens with zero attached hydrogens (tertiary/aromatic N) is 1. The van der Waals surface area contributed by atoms with Gasteiger partial charge in [-0.3, -0.25) is 14.5 Å². The number of rotatable bonds is 7. The van der Waals surface area contributed by atoms with Gasteiger partial charge in [0.15, 0.2) is 0 Å². The number of carboxylic acid groups (broad SMARTS) is 1. The Kier molecular flexibility index (Phi) is 5.86. The van der Waals surface area contributed by atoms with Gasteiger partial charge >= 0.3 is 5.97 Å². The molecule has 1 aliphatic rings. The summed E-state index contributed by atoms with van der Waals surface area (Å²) in [7, 11) is 0. The molecule has 0 aromatic heterocycles. The van der Waals surface area contributed by atoms with Crippen molar-refractivity contribution in [3.8, 4) is 0 Å². The molecule has 1 unspecified atom stereocenters. The monoisotopic (exact) mass is 240 g/mol. The zero-order valence-electron chi connectivity index (χ0n) is 9.97. The van der Waals surface area contributed by atoms with Gasteiger partial charge in [0.2, 0.25) is 0 Å². The first-order chi connectivity index (χ1) is 8.13. The summed E-state index contributed by atoms with van der Waals surface area (Å²) < 4.78 is 0. The summed E-state index contributed by atoms with van der Waals surface area (Å²) in [6.45, 7) is 2.59. The Morgan fingerprint density at radius 2 is 2.35 bits per heavy atom. The Morgan fingerprint density at radius 3 is 3.00 bits per heavy atom. The molecule has 0 saturated carbocycles. The molecule has 96 valence electrons. The summed E-state index contributed by atoms with van der Waals surface area (Å²) in [6, 6.07) is -0.748. The van der Waals surface area contributed by atoms with Crippen molar-refractivity contribution in [3.05, 3.63) is 11.6 Å². The van der Waals surface area contributed by atoms with Gasteiger partial charge in [-0.1, -0.05) is 12.5 Å². The number of aliphatic carboxylic acids is 1. The fraction of sp³-hybridized carbons (Fsp3) is 0.667. The van der Waals surface area contributed by atoms with Crippen molar-refractivity contribution >= 4 is 12.3 Å². The third-order valence-corrected chi connectivity index (χ3v) is 2.97. The van der Waals surface area contributed by atoms with E-state index in [1.54, 1.807) is 0 Å². The van der Waals surface area contributed by atoms with Crippen molar-refractivity contribution in [2.24, 2.45) is 5.73 Å². The molecule has 1 atom stereocenters. The van der Waals surface area contributed by atoms with E-state index in [-0.39, 0.29) is 0 Å². The normalized spacial score (nSPS) is 18.5. The Morgan fingerprint density at radius 1 is 1.59 bits per heavy atom. The summed E-state index contributed by atoms with van der Waals surface area (Å²) in [4.78, 5) is 23.3. The lowest BCUT2D eigenvalue weighted by atomic mass is 10.1. The second-order valence-corrected chi connectivity index (χ2v) is 4.40. The van der Waals surface area contributed by atoms with E-state index in [4.69, 9.17) is 10.8 Å². The van der Waals surface area contributed by atoms with E-state index in [0.717, 1.165) is 44.2 Å². The van der Waals surface area contributed by atoms with Crippen LogP contribution in [0.15, 0.2) is 11.6 Å². The van der Waals surface area contributed by atoms with Crippen LogP contribution >= 0.6 is 0 Å². The van der Waals surface area contributed by atoms with E-state index < -0.39 is 12.0 Å². The van der Waals surface area contributed by atoms with Crippen LogP contribution in [0.1, 0.15) is 25.7 Å². The van der Waals surface area contributed by atoms with Gasteiger partial charge in [0.05, 0.1) is 0 Å². The third-order valence-electron chi connectivity index (χ3n) is 2.97. The Labute approximate surface area is 101 Å². The van der Waals surface area contributed by atoms with E-state index >= 15 is 0 Å². The molecule has 0 bridgehead atoms. The largest absolute Gasteiger partial charge is 0.480 e. The van der Waals surface area contributed by atoms with Gasteiger partial charge in [0.25, 0.3) is 0 Å². The molecule has 5 heteroatoms. The Balaban J connectivity index is 2.13. The minimum Gasteiger partial charge on any atom is -0.480 e.